The van der Waals surface area contributed by atoms with E-state index in [0.29, 0.717) is 11.1 Å². The van der Waals surface area contributed by atoms with Gasteiger partial charge < -0.3 is 25.4 Å². The molecule has 1 saturated heterocycles. The normalized spacial score (nSPS) is 30.0. The summed E-state index contributed by atoms with van der Waals surface area (Å²) in [6.07, 6.45) is -3.05. The maximum atomic E-state index is 11.6. The zero-order chi connectivity index (χ0) is 14.7. The Kier molecular flexibility index (Phi) is 4.72. The maximum Gasteiger partial charge on any atom is 0.251 e. The minimum atomic E-state index is -0.895. The number of nitrogens with one attached hydrogen (secondary N) is 1. The Morgan fingerprint density at radius 3 is 2.80 bits per heavy atom. The molecule has 0 radical (unpaired) electrons. The molecular weight excluding hydrogens is 262 g/mol. The first-order chi connectivity index (χ1) is 9.56. The molecule has 1 aliphatic rings. The molecule has 20 heavy (non-hydrogen) atoms. The van der Waals surface area contributed by atoms with E-state index < -0.39 is 24.4 Å². The van der Waals surface area contributed by atoms with Crippen LogP contribution in [0.2, 0.25) is 0 Å². The van der Waals surface area contributed by atoms with Gasteiger partial charge in [0.2, 0.25) is 0 Å². The standard InChI is InChI=1S/C14H19NO5/c1-15-14(19)9-4-2-3-8(5-9)13-11(18)6-10(17)12(7-16)20-13/h2-5,10-13,16-18H,6-7H2,1H3,(H,15,19)/t10?,11-,12+,13?/m0/s1. The summed E-state index contributed by atoms with van der Waals surface area (Å²) in [5, 5.41) is 31.4. The number of ether oxygens (including phenoxy) is 1. The highest BCUT2D eigenvalue weighted by Crippen LogP contribution is 2.32. The van der Waals surface area contributed by atoms with Crippen LogP contribution in [0.5, 0.6) is 0 Å². The lowest BCUT2D eigenvalue weighted by Crippen LogP contribution is -2.44. The summed E-state index contributed by atoms with van der Waals surface area (Å²) < 4.78 is 5.53. The number of hydrogen-bond acceptors (Lipinski definition) is 5. The lowest BCUT2D eigenvalue weighted by Gasteiger charge is -2.36. The number of carbonyl (C=O) groups is 1. The van der Waals surface area contributed by atoms with E-state index in [4.69, 9.17) is 9.84 Å². The molecule has 1 heterocycles. The second-order valence-corrected chi connectivity index (χ2v) is 4.85. The SMILES string of the molecule is CNC(=O)c1cccc(C2O[C@H](CO)C(O)C[C@@H]2O)c1. The molecule has 1 aromatic rings. The Balaban J connectivity index is 2.23. The monoisotopic (exact) mass is 281 g/mol. The molecule has 4 N–H and O–H groups in total. The van der Waals surface area contributed by atoms with Crippen molar-refractivity contribution >= 4 is 5.91 Å². The van der Waals surface area contributed by atoms with Gasteiger partial charge in [0.15, 0.2) is 0 Å². The van der Waals surface area contributed by atoms with Gasteiger partial charge in [-0.1, -0.05) is 12.1 Å². The highest BCUT2D eigenvalue weighted by Gasteiger charge is 2.36. The fourth-order valence-electron chi connectivity index (χ4n) is 2.36. The van der Waals surface area contributed by atoms with Gasteiger partial charge >= 0.3 is 0 Å². The van der Waals surface area contributed by atoms with Crippen molar-refractivity contribution in [2.75, 3.05) is 13.7 Å². The molecule has 1 fully saturated rings. The summed E-state index contributed by atoms with van der Waals surface area (Å²) in [6, 6.07) is 6.75. The van der Waals surface area contributed by atoms with Gasteiger partial charge in [0.25, 0.3) is 5.91 Å². The molecule has 1 amide bonds. The maximum absolute atomic E-state index is 11.6. The van der Waals surface area contributed by atoms with Crippen LogP contribution in [-0.2, 0) is 4.74 Å². The van der Waals surface area contributed by atoms with Gasteiger partial charge in [-0.05, 0) is 17.7 Å². The van der Waals surface area contributed by atoms with E-state index in [9.17, 15) is 15.0 Å². The molecule has 6 heteroatoms. The van der Waals surface area contributed by atoms with Crippen LogP contribution in [-0.4, -0.2) is 53.2 Å². The molecule has 0 aromatic heterocycles. The average Bonchev–Trinajstić information content (AvgIpc) is 2.46. The zero-order valence-electron chi connectivity index (χ0n) is 11.2. The molecule has 0 bridgehead atoms. The highest BCUT2D eigenvalue weighted by molar-refractivity contribution is 5.94. The molecule has 0 saturated carbocycles. The number of carbonyl (C=O) groups excluding carboxylic acids is 1. The molecule has 1 aromatic carbocycles. The van der Waals surface area contributed by atoms with Crippen molar-refractivity contribution in [3.8, 4) is 0 Å². The number of benzene rings is 1. The first-order valence-electron chi connectivity index (χ1n) is 6.51. The van der Waals surface area contributed by atoms with Crippen LogP contribution in [0.1, 0.15) is 28.4 Å². The van der Waals surface area contributed by atoms with Crippen LogP contribution in [0, 0.1) is 0 Å². The van der Waals surface area contributed by atoms with Crippen LogP contribution in [0.15, 0.2) is 24.3 Å². The smallest absolute Gasteiger partial charge is 0.251 e. The summed E-state index contributed by atoms with van der Waals surface area (Å²) in [5.74, 6) is -0.226. The topological polar surface area (TPSA) is 99.0 Å². The lowest BCUT2D eigenvalue weighted by molar-refractivity contribution is -0.181. The van der Waals surface area contributed by atoms with Crippen LogP contribution < -0.4 is 5.32 Å². The molecule has 6 nitrogen and oxygen atoms in total. The van der Waals surface area contributed by atoms with Gasteiger partial charge in [-0.25, -0.2) is 0 Å². The van der Waals surface area contributed by atoms with Crippen molar-refractivity contribution in [3.05, 3.63) is 35.4 Å². The number of rotatable bonds is 3. The van der Waals surface area contributed by atoms with E-state index in [1.807, 2.05) is 0 Å². The van der Waals surface area contributed by atoms with Gasteiger partial charge in [-0.2, -0.15) is 0 Å². The van der Waals surface area contributed by atoms with Crippen LogP contribution >= 0.6 is 0 Å². The summed E-state index contributed by atoms with van der Waals surface area (Å²) in [4.78, 5) is 11.6. The van der Waals surface area contributed by atoms with Gasteiger partial charge in [-0.3, -0.25) is 4.79 Å². The molecule has 4 atom stereocenters. The minimum Gasteiger partial charge on any atom is -0.394 e. The third-order valence-corrected chi connectivity index (χ3v) is 3.47. The number of hydrogen-bond donors (Lipinski definition) is 4. The van der Waals surface area contributed by atoms with Gasteiger partial charge in [-0.15, -0.1) is 0 Å². The van der Waals surface area contributed by atoms with Crippen molar-refractivity contribution < 1.29 is 24.9 Å². The average molecular weight is 281 g/mol. The molecule has 110 valence electrons. The summed E-state index contributed by atoms with van der Waals surface area (Å²) >= 11 is 0. The molecule has 0 spiro atoms. The van der Waals surface area contributed by atoms with Crippen molar-refractivity contribution in [2.24, 2.45) is 0 Å². The Labute approximate surface area is 117 Å². The molecule has 0 aliphatic carbocycles. The fourth-order valence-corrected chi connectivity index (χ4v) is 2.36. The van der Waals surface area contributed by atoms with Crippen molar-refractivity contribution in [3.63, 3.8) is 0 Å². The molecule has 2 unspecified atom stereocenters. The Hall–Kier alpha value is -1.47. The predicted octanol–water partition coefficient (Wildman–Crippen LogP) is -0.410. The van der Waals surface area contributed by atoms with Gasteiger partial charge in [0.1, 0.15) is 12.2 Å². The predicted molar refractivity (Wildman–Crippen MR) is 71.2 cm³/mol. The van der Waals surface area contributed by atoms with Crippen LogP contribution in [0.25, 0.3) is 0 Å². The Morgan fingerprint density at radius 1 is 1.40 bits per heavy atom. The fraction of sp³-hybridized carbons (Fsp3) is 0.500. The van der Waals surface area contributed by atoms with Crippen LogP contribution in [0.3, 0.4) is 0 Å². The largest absolute Gasteiger partial charge is 0.394 e. The van der Waals surface area contributed by atoms with Crippen molar-refractivity contribution in [1.82, 2.24) is 5.32 Å². The molecule has 2 rings (SSSR count). The first-order valence-corrected chi connectivity index (χ1v) is 6.51. The van der Waals surface area contributed by atoms with Crippen molar-refractivity contribution in [1.29, 1.82) is 0 Å². The third-order valence-electron chi connectivity index (χ3n) is 3.47. The second kappa shape index (κ2) is 6.32. The Bertz CT molecular complexity index is 478. The minimum absolute atomic E-state index is 0.125. The second-order valence-electron chi connectivity index (χ2n) is 4.85. The summed E-state index contributed by atoms with van der Waals surface area (Å²) in [7, 11) is 1.54. The molecule has 1 aliphatic heterocycles. The van der Waals surface area contributed by atoms with E-state index in [2.05, 4.69) is 5.32 Å². The first kappa shape index (κ1) is 14.9. The van der Waals surface area contributed by atoms with E-state index in [1.165, 1.54) is 0 Å². The van der Waals surface area contributed by atoms with Gasteiger partial charge in [0, 0.05) is 19.0 Å². The number of aliphatic hydroxyl groups excluding tert-OH is 3. The van der Waals surface area contributed by atoms with Crippen LogP contribution in [0.4, 0.5) is 0 Å². The van der Waals surface area contributed by atoms with E-state index >= 15 is 0 Å². The summed E-state index contributed by atoms with van der Waals surface area (Å²) in [5.41, 5.74) is 1.11. The highest BCUT2D eigenvalue weighted by atomic mass is 16.5. The quantitative estimate of drug-likeness (QED) is 0.604. The third kappa shape index (κ3) is 2.99. The van der Waals surface area contributed by atoms with E-state index in [0.717, 1.165) is 0 Å². The summed E-state index contributed by atoms with van der Waals surface area (Å²) in [6.45, 7) is -0.320. The lowest BCUT2D eigenvalue weighted by atomic mass is 9.93. The van der Waals surface area contributed by atoms with E-state index in [1.54, 1.807) is 31.3 Å². The molecular formula is C14H19NO5. The number of aliphatic hydroxyl groups is 3. The van der Waals surface area contributed by atoms with E-state index in [-0.39, 0.29) is 18.9 Å². The number of amides is 1. The van der Waals surface area contributed by atoms with Crippen molar-refractivity contribution in [2.45, 2.75) is 30.8 Å². The Morgan fingerprint density at radius 2 is 2.15 bits per heavy atom. The van der Waals surface area contributed by atoms with Gasteiger partial charge in [0.05, 0.1) is 18.8 Å². The zero-order valence-corrected chi connectivity index (χ0v) is 11.2.